The summed E-state index contributed by atoms with van der Waals surface area (Å²) in [7, 11) is 0. The molecule has 1 amide bonds. The van der Waals surface area contributed by atoms with Gasteiger partial charge in [0.1, 0.15) is 0 Å². The highest BCUT2D eigenvalue weighted by Gasteiger charge is 2.47. The molecule has 0 saturated heterocycles. The monoisotopic (exact) mass is 171 g/mol. The van der Waals surface area contributed by atoms with Gasteiger partial charge in [-0.15, -0.1) is 0 Å². The summed E-state index contributed by atoms with van der Waals surface area (Å²) in [6.07, 6.45) is 2.98. The molecule has 3 heteroatoms. The first-order valence-electron chi connectivity index (χ1n) is 3.93. The van der Waals surface area contributed by atoms with E-state index in [4.69, 9.17) is 12.2 Å². The van der Waals surface area contributed by atoms with E-state index in [2.05, 4.69) is 5.32 Å². The van der Waals surface area contributed by atoms with E-state index in [0.717, 1.165) is 19.3 Å². The van der Waals surface area contributed by atoms with E-state index in [0.29, 0.717) is 4.99 Å². The summed E-state index contributed by atoms with van der Waals surface area (Å²) in [5.74, 6) is 0.118. The normalized spacial score (nSPS) is 19.1. The number of nitrogens with one attached hydrogen (secondary N) is 1. The Morgan fingerprint density at radius 3 is 2.45 bits per heavy atom. The van der Waals surface area contributed by atoms with E-state index in [1.165, 1.54) is 0 Å². The van der Waals surface area contributed by atoms with Crippen molar-refractivity contribution in [2.24, 2.45) is 5.41 Å². The summed E-state index contributed by atoms with van der Waals surface area (Å²) in [6.45, 7) is 3.78. The Balaban J connectivity index is 2.48. The molecule has 0 unspecified atom stereocenters. The molecule has 1 N–H and O–H groups in total. The van der Waals surface area contributed by atoms with Crippen LogP contribution in [-0.4, -0.2) is 10.9 Å². The fraction of sp³-hybridized carbons (Fsp3) is 0.750. The summed E-state index contributed by atoms with van der Waals surface area (Å²) in [4.78, 5) is 11.9. The van der Waals surface area contributed by atoms with Crippen molar-refractivity contribution in [3.8, 4) is 0 Å². The lowest BCUT2D eigenvalue weighted by atomic mass is 10.0. The SMILES string of the molecule is CCC1(C(=O)NC(C)=S)CC1. The van der Waals surface area contributed by atoms with Crippen LogP contribution in [0.1, 0.15) is 33.1 Å². The van der Waals surface area contributed by atoms with Gasteiger partial charge in [-0.25, -0.2) is 0 Å². The minimum absolute atomic E-state index is 0.0555. The number of rotatable bonds is 2. The number of carbonyl (C=O) groups excluding carboxylic acids is 1. The predicted octanol–water partition coefficient (Wildman–Crippen LogP) is 1.64. The van der Waals surface area contributed by atoms with Crippen LogP contribution in [-0.2, 0) is 4.79 Å². The molecule has 0 aromatic carbocycles. The van der Waals surface area contributed by atoms with Crippen LogP contribution in [0.4, 0.5) is 0 Å². The van der Waals surface area contributed by atoms with Crippen molar-refractivity contribution in [3.05, 3.63) is 0 Å². The lowest BCUT2D eigenvalue weighted by Gasteiger charge is -2.10. The van der Waals surface area contributed by atoms with Gasteiger partial charge in [0, 0.05) is 5.41 Å². The highest BCUT2D eigenvalue weighted by Crippen LogP contribution is 2.48. The summed E-state index contributed by atoms with van der Waals surface area (Å²) in [6, 6.07) is 0. The lowest BCUT2D eigenvalue weighted by molar-refractivity contribution is -0.124. The van der Waals surface area contributed by atoms with Gasteiger partial charge in [0.05, 0.1) is 4.99 Å². The van der Waals surface area contributed by atoms with Gasteiger partial charge in [-0.05, 0) is 26.2 Å². The highest BCUT2D eigenvalue weighted by atomic mass is 32.1. The van der Waals surface area contributed by atoms with Gasteiger partial charge in [0.15, 0.2) is 0 Å². The first kappa shape index (κ1) is 8.65. The van der Waals surface area contributed by atoms with Crippen molar-refractivity contribution in [1.82, 2.24) is 5.32 Å². The molecule has 1 rings (SSSR count). The molecular formula is C8H13NOS. The molecular weight excluding hydrogens is 158 g/mol. The molecule has 1 aliphatic carbocycles. The zero-order valence-electron chi connectivity index (χ0n) is 6.94. The second-order valence-corrected chi connectivity index (χ2v) is 3.76. The summed E-state index contributed by atoms with van der Waals surface area (Å²) in [5.41, 5.74) is -0.0555. The number of carbonyl (C=O) groups is 1. The van der Waals surface area contributed by atoms with E-state index in [1.54, 1.807) is 6.92 Å². The van der Waals surface area contributed by atoms with Gasteiger partial charge in [0.2, 0.25) is 5.91 Å². The fourth-order valence-corrected chi connectivity index (χ4v) is 1.28. The maximum Gasteiger partial charge on any atom is 0.230 e. The van der Waals surface area contributed by atoms with Crippen molar-refractivity contribution < 1.29 is 4.79 Å². The number of thiocarbonyl (C=S) groups is 1. The first-order chi connectivity index (χ1) is 5.10. The molecule has 1 fully saturated rings. The quantitative estimate of drug-likeness (QED) is 0.640. The Kier molecular flexibility index (Phi) is 2.28. The van der Waals surface area contributed by atoms with Crippen molar-refractivity contribution in [3.63, 3.8) is 0 Å². The minimum Gasteiger partial charge on any atom is -0.320 e. The summed E-state index contributed by atoms with van der Waals surface area (Å²) in [5, 5.41) is 2.69. The zero-order chi connectivity index (χ0) is 8.48. The molecule has 2 nitrogen and oxygen atoms in total. The Hall–Kier alpha value is -0.440. The van der Waals surface area contributed by atoms with Crippen molar-refractivity contribution in [2.45, 2.75) is 33.1 Å². The van der Waals surface area contributed by atoms with Crippen LogP contribution in [0.2, 0.25) is 0 Å². The Labute approximate surface area is 72.4 Å². The molecule has 0 aromatic heterocycles. The molecule has 11 heavy (non-hydrogen) atoms. The van der Waals surface area contributed by atoms with E-state index >= 15 is 0 Å². The molecule has 1 saturated carbocycles. The molecule has 62 valence electrons. The first-order valence-corrected chi connectivity index (χ1v) is 4.33. The van der Waals surface area contributed by atoms with Crippen molar-refractivity contribution >= 4 is 23.1 Å². The molecule has 0 spiro atoms. The Morgan fingerprint density at radius 1 is 1.64 bits per heavy atom. The molecule has 0 radical (unpaired) electrons. The standard InChI is InChI=1S/C8H13NOS/c1-3-8(4-5-8)7(10)9-6(2)11/h3-5H2,1-2H3,(H,9,10,11). The lowest BCUT2D eigenvalue weighted by Crippen LogP contribution is -2.34. The summed E-state index contributed by atoms with van der Waals surface area (Å²) >= 11 is 4.78. The average molecular weight is 171 g/mol. The second-order valence-electron chi connectivity index (χ2n) is 3.14. The maximum atomic E-state index is 11.4. The number of hydrogen-bond acceptors (Lipinski definition) is 2. The second kappa shape index (κ2) is 2.89. The molecule has 0 aliphatic heterocycles. The van der Waals surface area contributed by atoms with Gasteiger partial charge in [-0.3, -0.25) is 4.79 Å². The van der Waals surface area contributed by atoms with Crippen LogP contribution in [0.15, 0.2) is 0 Å². The number of amides is 1. The van der Waals surface area contributed by atoms with Gasteiger partial charge in [-0.1, -0.05) is 19.1 Å². The smallest absolute Gasteiger partial charge is 0.230 e. The van der Waals surface area contributed by atoms with Crippen LogP contribution < -0.4 is 5.32 Å². The van der Waals surface area contributed by atoms with Crippen molar-refractivity contribution in [2.75, 3.05) is 0 Å². The molecule has 0 atom stereocenters. The fourth-order valence-electron chi connectivity index (χ4n) is 1.18. The third-order valence-electron chi connectivity index (χ3n) is 2.30. The van der Waals surface area contributed by atoms with Gasteiger partial charge < -0.3 is 5.32 Å². The van der Waals surface area contributed by atoms with Crippen LogP contribution in [0.5, 0.6) is 0 Å². The number of hydrogen-bond donors (Lipinski definition) is 1. The zero-order valence-corrected chi connectivity index (χ0v) is 7.75. The van der Waals surface area contributed by atoms with E-state index in [9.17, 15) is 4.79 Å². The van der Waals surface area contributed by atoms with Crippen molar-refractivity contribution in [1.29, 1.82) is 0 Å². The predicted molar refractivity (Wildman–Crippen MR) is 48.4 cm³/mol. The van der Waals surface area contributed by atoms with E-state index in [-0.39, 0.29) is 11.3 Å². The van der Waals surface area contributed by atoms with E-state index in [1.807, 2.05) is 6.92 Å². The average Bonchev–Trinajstić information content (AvgIpc) is 2.65. The van der Waals surface area contributed by atoms with E-state index < -0.39 is 0 Å². The third kappa shape index (κ3) is 1.77. The maximum absolute atomic E-state index is 11.4. The topological polar surface area (TPSA) is 29.1 Å². The van der Waals surface area contributed by atoms with Gasteiger partial charge in [0.25, 0.3) is 0 Å². The Morgan fingerprint density at radius 2 is 2.18 bits per heavy atom. The minimum atomic E-state index is -0.0555. The largest absolute Gasteiger partial charge is 0.320 e. The molecule has 0 heterocycles. The highest BCUT2D eigenvalue weighted by molar-refractivity contribution is 7.80. The molecule has 1 aliphatic rings. The summed E-state index contributed by atoms with van der Waals surface area (Å²) < 4.78 is 0. The Bertz CT molecular complexity index is 196. The van der Waals surface area contributed by atoms with Crippen LogP contribution in [0.25, 0.3) is 0 Å². The van der Waals surface area contributed by atoms with Crippen LogP contribution in [0.3, 0.4) is 0 Å². The molecule has 0 bridgehead atoms. The molecule has 0 aromatic rings. The van der Waals surface area contributed by atoms with Crippen LogP contribution >= 0.6 is 12.2 Å². The van der Waals surface area contributed by atoms with Crippen LogP contribution in [0, 0.1) is 5.41 Å². The van der Waals surface area contributed by atoms with Gasteiger partial charge in [-0.2, -0.15) is 0 Å². The van der Waals surface area contributed by atoms with Gasteiger partial charge >= 0.3 is 0 Å². The third-order valence-corrected chi connectivity index (χ3v) is 2.40.